The molecule has 2 heterocycles. The first-order chi connectivity index (χ1) is 18.9. The van der Waals surface area contributed by atoms with E-state index in [1.807, 2.05) is 36.5 Å². The molecule has 0 atom stereocenters. The molecule has 0 aliphatic carbocycles. The monoisotopic (exact) mass is 604 g/mol. The van der Waals surface area contributed by atoms with E-state index in [0.717, 1.165) is 27.6 Å². The van der Waals surface area contributed by atoms with Crippen molar-refractivity contribution in [1.82, 2.24) is 9.97 Å². The van der Waals surface area contributed by atoms with Gasteiger partial charge in [0.2, 0.25) is 10.0 Å². The molecule has 5 N–H and O–H groups in total. The van der Waals surface area contributed by atoms with Crippen LogP contribution in [0.1, 0.15) is 0 Å². The van der Waals surface area contributed by atoms with E-state index in [1.54, 1.807) is 24.5 Å². The molecule has 4 aromatic rings. The van der Waals surface area contributed by atoms with E-state index in [1.165, 1.54) is 12.1 Å². The van der Waals surface area contributed by atoms with Gasteiger partial charge in [0.1, 0.15) is 5.82 Å². The fraction of sp³-hybridized carbons (Fsp3) is 0.0833. The lowest BCUT2D eigenvalue weighted by Gasteiger charge is -2.10. The average molecular weight is 604 g/mol. The molecule has 0 bridgehead atoms. The van der Waals surface area contributed by atoms with E-state index >= 15 is 0 Å². The van der Waals surface area contributed by atoms with Gasteiger partial charge < -0.3 is 15.5 Å². The van der Waals surface area contributed by atoms with Gasteiger partial charge in [-0.05, 0) is 53.4 Å². The third kappa shape index (κ3) is 10.0. The van der Waals surface area contributed by atoms with E-state index in [0.29, 0.717) is 5.82 Å². The molecule has 0 aliphatic rings. The van der Waals surface area contributed by atoms with Gasteiger partial charge in [-0.25, -0.2) is 28.1 Å². The largest absolute Gasteiger partial charge is 0.490 e. The van der Waals surface area contributed by atoms with Gasteiger partial charge in [0.25, 0.3) is 0 Å². The first kappa shape index (κ1) is 32.4. The highest BCUT2D eigenvalue weighted by Gasteiger charge is 2.38. The van der Waals surface area contributed by atoms with Gasteiger partial charge in [-0.3, -0.25) is 4.98 Å². The maximum atomic E-state index is 11.4. The van der Waals surface area contributed by atoms with E-state index in [2.05, 4.69) is 21.4 Å². The molecule has 10 nitrogen and oxygen atoms in total. The van der Waals surface area contributed by atoms with Crippen LogP contribution in [0.5, 0.6) is 0 Å². The Morgan fingerprint density at radius 2 is 1.37 bits per heavy atom. The van der Waals surface area contributed by atoms with E-state index in [4.69, 9.17) is 24.9 Å². The molecule has 2 aromatic heterocycles. The number of aliphatic carboxylic acids is 2. The molecule has 17 heteroatoms. The molecule has 0 aliphatic heterocycles. The number of sulfonamides is 1. The summed E-state index contributed by atoms with van der Waals surface area (Å²) < 4.78 is 86.2. The molecule has 218 valence electrons. The Hall–Kier alpha value is -4.77. The molecule has 0 amide bonds. The molecule has 0 radical (unpaired) electrons. The van der Waals surface area contributed by atoms with Crippen LogP contribution in [0.25, 0.3) is 21.9 Å². The second kappa shape index (κ2) is 13.1. The standard InChI is InChI=1S/C20H16N4O2S.2C2HF3O2/c21-27(25,26)18-6-4-17(5-7-18)24-20-19-8-3-14(12-15(19)9-11-23-20)16-2-1-10-22-13-16;2*3-2(4,5)1(6)7/h1-13H,(H,23,24)(H2,21,25,26);2*(H,6,7). The number of nitrogens with one attached hydrogen (secondary N) is 1. The van der Waals surface area contributed by atoms with Crippen molar-refractivity contribution in [3.8, 4) is 11.1 Å². The first-order valence-corrected chi connectivity index (χ1v) is 12.2. The molecule has 0 unspecified atom stereocenters. The summed E-state index contributed by atoms with van der Waals surface area (Å²) in [6.07, 6.45) is -4.86. The molecule has 2 aromatic carbocycles. The zero-order chi connectivity index (χ0) is 31.0. The number of benzene rings is 2. The number of carboxylic acid groups (broad SMARTS) is 2. The minimum Gasteiger partial charge on any atom is -0.475 e. The third-order valence-corrected chi connectivity index (χ3v) is 5.62. The summed E-state index contributed by atoms with van der Waals surface area (Å²) in [7, 11) is -3.71. The highest BCUT2D eigenvalue weighted by molar-refractivity contribution is 7.89. The molecule has 4 rings (SSSR count). The Bertz CT molecular complexity index is 1590. The first-order valence-electron chi connectivity index (χ1n) is 10.7. The van der Waals surface area contributed by atoms with Crippen molar-refractivity contribution in [3.63, 3.8) is 0 Å². The quantitative estimate of drug-likeness (QED) is 0.235. The molecule has 41 heavy (non-hydrogen) atoms. The second-order valence-electron chi connectivity index (χ2n) is 7.64. The van der Waals surface area contributed by atoms with Gasteiger partial charge in [-0.1, -0.05) is 18.2 Å². The lowest BCUT2D eigenvalue weighted by atomic mass is 10.0. The molecule has 0 fully saturated rings. The van der Waals surface area contributed by atoms with Crippen LogP contribution in [0.15, 0.2) is 84.1 Å². The maximum Gasteiger partial charge on any atom is 0.490 e. The van der Waals surface area contributed by atoms with Crippen LogP contribution in [-0.2, 0) is 19.6 Å². The highest BCUT2D eigenvalue weighted by Crippen LogP contribution is 2.29. The number of hydrogen-bond donors (Lipinski definition) is 4. The lowest BCUT2D eigenvalue weighted by molar-refractivity contribution is -0.193. The van der Waals surface area contributed by atoms with E-state index in [-0.39, 0.29) is 4.90 Å². The summed E-state index contributed by atoms with van der Waals surface area (Å²) in [5, 5.41) is 24.6. The highest BCUT2D eigenvalue weighted by atomic mass is 32.2. The summed E-state index contributed by atoms with van der Waals surface area (Å²) in [6.45, 7) is 0. The number of aromatic nitrogens is 2. The second-order valence-corrected chi connectivity index (χ2v) is 9.20. The fourth-order valence-electron chi connectivity index (χ4n) is 2.86. The summed E-state index contributed by atoms with van der Waals surface area (Å²) >= 11 is 0. The summed E-state index contributed by atoms with van der Waals surface area (Å²) in [5.41, 5.74) is 2.84. The van der Waals surface area contributed by atoms with Crippen molar-refractivity contribution in [2.75, 3.05) is 5.32 Å². The van der Waals surface area contributed by atoms with E-state index < -0.39 is 34.3 Å². The molecular weight excluding hydrogens is 586 g/mol. The minimum atomic E-state index is -5.08. The normalized spacial score (nSPS) is 11.4. The third-order valence-electron chi connectivity index (χ3n) is 4.69. The number of carboxylic acids is 2. The number of pyridine rings is 2. The predicted octanol–water partition coefficient (Wildman–Crippen LogP) is 4.95. The zero-order valence-electron chi connectivity index (χ0n) is 20.2. The Morgan fingerprint density at radius 3 is 1.83 bits per heavy atom. The minimum absolute atomic E-state index is 0.0695. The summed E-state index contributed by atoms with van der Waals surface area (Å²) in [5.74, 6) is -4.83. The van der Waals surface area contributed by atoms with Crippen LogP contribution < -0.4 is 10.5 Å². The van der Waals surface area contributed by atoms with Gasteiger partial charge in [0, 0.05) is 35.2 Å². The van der Waals surface area contributed by atoms with Gasteiger partial charge in [0.15, 0.2) is 0 Å². The number of alkyl halides is 6. The number of primary sulfonamides is 1. The van der Waals surface area contributed by atoms with Crippen molar-refractivity contribution in [1.29, 1.82) is 0 Å². The fourth-order valence-corrected chi connectivity index (χ4v) is 3.37. The number of anilines is 2. The Kier molecular flexibility index (Phi) is 10.3. The SMILES string of the molecule is NS(=O)(=O)c1ccc(Nc2nccc3cc(-c4cccnc4)ccc23)cc1.O=C(O)C(F)(F)F.O=C(O)C(F)(F)F. The van der Waals surface area contributed by atoms with Crippen LogP contribution in [0.3, 0.4) is 0 Å². The molecular formula is C24H18F6N4O6S. The van der Waals surface area contributed by atoms with Crippen LogP contribution in [0.2, 0.25) is 0 Å². The van der Waals surface area contributed by atoms with Crippen LogP contribution in [-0.4, -0.2) is 52.9 Å². The van der Waals surface area contributed by atoms with Crippen LogP contribution in [0.4, 0.5) is 37.8 Å². The molecule has 0 saturated carbocycles. The summed E-state index contributed by atoms with van der Waals surface area (Å²) in [6, 6.07) is 18.2. The number of nitrogens with zero attached hydrogens (tertiary/aromatic N) is 2. The smallest absolute Gasteiger partial charge is 0.475 e. The number of fused-ring (bicyclic) bond motifs is 1. The number of carbonyl (C=O) groups is 2. The molecule has 0 saturated heterocycles. The maximum absolute atomic E-state index is 11.4. The van der Waals surface area contributed by atoms with E-state index in [9.17, 15) is 34.8 Å². The van der Waals surface area contributed by atoms with Crippen molar-refractivity contribution in [2.45, 2.75) is 17.2 Å². The van der Waals surface area contributed by atoms with Gasteiger partial charge in [-0.15, -0.1) is 0 Å². The number of nitrogens with two attached hydrogens (primary N) is 1. The zero-order valence-corrected chi connectivity index (χ0v) is 21.0. The van der Waals surface area contributed by atoms with Crippen molar-refractivity contribution >= 4 is 44.2 Å². The van der Waals surface area contributed by atoms with Gasteiger partial charge in [0.05, 0.1) is 4.90 Å². The van der Waals surface area contributed by atoms with Crippen molar-refractivity contribution < 1.29 is 54.6 Å². The topological polar surface area (TPSA) is 173 Å². The number of halogens is 6. The Balaban J connectivity index is 0.000000349. The Labute approximate surface area is 227 Å². The van der Waals surface area contributed by atoms with Gasteiger partial charge in [-0.2, -0.15) is 26.3 Å². The average Bonchev–Trinajstić information content (AvgIpc) is 2.88. The van der Waals surface area contributed by atoms with Crippen molar-refractivity contribution in [3.05, 3.63) is 79.3 Å². The van der Waals surface area contributed by atoms with Crippen molar-refractivity contribution in [2.24, 2.45) is 5.14 Å². The summed E-state index contributed by atoms with van der Waals surface area (Å²) in [4.78, 5) is 26.4. The predicted molar refractivity (Wildman–Crippen MR) is 133 cm³/mol. The molecule has 0 spiro atoms. The number of rotatable bonds is 4. The van der Waals surface area contributed by atoms with Gasteiger partial charge >= 0.3 is 24.3 Å². The Morgan fingerprint density at radius 1 is 0.805 bits per heavy atom. The van der Waals surface area contributed by atoms with Crippen LogP contribution in [0, 0.1) is 0 Å². The lowest BCUT2D eigenvalue weighted by Crippen LogP contribution is -2.21. The van der Waals surface area contributed by atoms with Crippen LogP contribution >= 0.6 is 0 Å². The number of hydrogen-bond acceptors (Lipinski definition) is 7.